The molecule has 6 nitrogen and oxygen atoms in total. The minimum Gasteiger partial charge on any atom is -0.344 e. The topological polar surface area (TPSA) is 98.8 Å². The third kappa shape index (κ3) is 4.59. The fraction of sp³-hybridized carbons (Fsp3) is 0.207. The van der Waals surface area contributed by atoms with Crippen LogP contribution >= 0.6 is 0 Å². The number of amides is 1. The highest BCUT2D eigenvalue weighted by atomic mass is 16.2. The van der Waals surface area contributed by atoms with Crippen molar-refractivity contribution in [1.82, 2.24) is 14.9 Å². The maximum atomic E-state index is 13.7. The molecule has 0 saturated heterocycles. The van der Waals surface area contributed by atoms with Crippen LogP contribution < -0.4 is 5.73 Å². The molecule has 1 aliphatic heterocycles. The molecular formula is C29H27N5O. The van der Waals surface area contributed by atoms with Crippen molar-refractivity contribution in [3.8, 4) is 17.3 Å². The highest BCUT2D eigenvalue weighted by molar-refractivity contribution is 5.82. The van der Waals surface area contributed by atoms with Crippen molar-refractivity contribution < 1.29 is 4.79 Å². The Balaban J connectivity index is 1.45. The summed E-state index contributed by atoms with van der Waals surface area (Å²) in [6.07, 6.45) is 1.08. The van der Waals surface area contributed by atoms with Crippen LogP contribution in [0.15, 0.2) is 78.9 Å². The molecule has 0 bridgehead atoms. The van der Waals surface area contributed by atoms with Gasteiger partial charge in [0, 0.05) is 24.2 Å². The number of nitrogens with one attached hydrogen (secondary N) is 1. The summed E-state index contributed by atoms with van der Waals surface area (Å²) in [5.74, 6) is 0.666. The van der Waals surface area contributed by atoms with Crippen molar-refractivity contribution >= 4 is 5.91 Å². The highest BCUT2D eigenvalue weighted by Crippen LogP contribution is 2.34. The highest BCUT2D eigenvalue weighted by Gasteiger charge is 2.35. The minimum absolute atomic E-state index is 0.107. The Hall–Kier alpha value is -4.21. The van der Waals surface area contributed by atoms with Crippen LogP contribution in [-0.4, -0.2) is 26.8 Å². The van der Waals surface area contributed by atoms with E-state index in [9.17, 15) is 4.79 Å². The van der Waals surface area contributed by atoms with Crippen molar-refractivity contribution in [2.45, 2.75) is 38.4 Å². The van der Waals surface area contributed by atoms with Gasteiger partial charge < -0.3 is 15.6 Å². The number of aryl methyl sites for hydroxylation is 1. The number of fused-ring (bicyclic) bond motifs is 1. The number of nitriles is 1. The normalized spacial score (nSPS) is 15.8. The average molecular weight is 462 g/mol. The second-order valence-corrected chi connectivity index (χ2v) is 9.04. The lowest BCUT2D eigenvalue weighted by Crippen LogP contribution is -2.48. The molecular weight excluding hydrogens is 434 g/mol. The van der Waals surface area contributed by atoms with Gasteiger partial charge in [0.2, 0.25) is 5.91 Å². The smallest absolute Gasteiger partial charge is 0.240 e. The molecule has 3 N–H and O–H groups in total. The van der Waals surface area contributed by atoms with Crippen molar-refractivity contribution in [3.63, 3.8) is 0 Å². The molecule has 2 atom stereocenters. The molecule has 35 heavy (non-hydrogen) atoms. The molecule has 6 heteroatoms. The lowest BCUT2D eigenvalue weighted by atomic mass is 9.92. The SMILES string of the molecule is Cc1[nH]c([C@@H]2Cc3ccccc3CN2C(=O)[C@@H](N)Cc2ccc(C#N)cc2)nc1-c1ccccc1. The van der Waals surface area contributed by atoms with Crippen LogP contribution in [0.1, 0.15) is 39.8 Å². The molecule has 0 spiro atoms. The summed E-state index contributed by atoms with van der Waals surface area (Å²) in [5, 5.41) is 9.04. The maximum Gasteiger partial charge on any atom is 0.240 e. The molecule has 3 aromatic carbocycles. The van der Waals surface area contributed by atoms with Crippen molar-refractivity contribution in [2.24, 2.45) is 5.73 Å². The van der Waals surface area contributed by atoms with Crippen LogP contribution in [0.25, 0.3) is 11.3 Å². The summed E-state index contributed by atoms with van der Waals surface area (Å²) in [6.45, 7) is 2.50. The van der Waals surface area contributed by atoms with Gasteiger partial charge in [-0.2, -0.15) is 5.26 Å². The molecule has 0 unspecified atom stereocenters. The van der Waals surface area contributed by atoms with Gasteiger partial charge in [-0.3, -0.25) is 4.79 Å². The Morgan fingerprint density at radius 3 is 2.49 bits per heavy atom. The van der Waals surface area contributed by atoms with Crippen LogP contribution in [0.4, 0.5) is 0 Å². The van der Waals surface area contributed by atoms with Crippen LogP contribution in [0, 0.1) is 18.3 Å². The van der Waals surface area contributed by atoms with E-state index in [0.717, 1.165) is 33.9 Å². The number of hydrogen-bond acceptors (Lipinski definition) is 4. The molecule has 0 aliphatic carbocycles. The summed E-state index contributed by atoms with van der Waals surface area (Å²) in [4.78, 5) is 24.0. The van der Waals surface area contributed by atoms with Crippen LogP contribution in [0.5, 0.6) is 0 Å². The van der Waals surface area contributed by atoms with E-state index in [1.54, 1.807) is 12.1 Å². The Morgan fingerprint density at radius 2 is 1.77 bits per heavy atom. The maximum absolute atomic E-state index is 13.7. The third-order valence-corrected chi connectivity index (χ3v) is 6.65. The summed E-state index contributed by atoms with van der Waals surface area (Å²) in [6, 6.07) is 26.7. The summed E-state index contributed by atoms with van der Waals surface area (Å²) in [7, 11) is 0. The van der Waals surface area contributed by atoms with Crippen LogP contribution in [0.2, 0.25) is 0 Å². The number of H-pyrrole nitrogens is 1. The van der Waals surface area contributed by atoms with Gasteiger partial charge in [-0.25, -0.2) is 4.98 Å². The largest absolute Gasteiger partial charge is 0.344 e. The van der Waals surface area contributed by atoms with Crippen molar-refractivity contribution in [1.29, 1.82) is 5.26 Å². The Labute approximate surface area is 205 Å². The molecule has 4 aromatic rings. The number of imidazole rings is 1. The molecule has 1 aliphatic rings. The van der Waals surface area contributed by atoms with E-state index >= 15 is 0 Å². The summed E-state index contributed by atoms with van der Waals surface area (Å²) in [5.41, 5.74) is 13.2. The second kappa shape index (κ2) is 9.57. The first-order valence-electron chi connectivity index (χ1n) is 11.8. The zero-order valence-electron chi connectivity index (χ0n) is 19.6. The average Bonchev–Trinajstić information content (AvgIpc) is 3.29. The van der Waals surface area contributed by atoms with Gasteiger partial charge in [-0.15, -0.1) is 0 Å². The van der Waals surface area contributed by atoms with E-state index in [2.05, 4.69) is 23.2 Å². The lowest BCUT2D eigenvalue weighted by molar-refractivity contribution is -0.136. The number of benzene rings is 3. The summed E-state index contributed by atoms with van der Waals surface area (Å²) < 4.78 is 0. The first-order valence-corrected chi connectivity index (χ1v) is 11.8. The van der Waals surface area contributed by atoms with Gasteiger partial charge in [0.05, 0.1) is 29.4 Å². The third-order valence-electron chi connectivity index (χ3n) is 6.65. The Morgan fingerprint density at radius 1 is 1.09 bits per heavy atom. The van der Waals surface area contributed by atoms with E-state index in [0.29, 0.717) is 24.9 Å². The van der Waals surface area contributed by atoms with Gasteiger partial charge >= 0.3 is 0 Å². The van der Waals surface area contributed by atoms with E-state index < -0.39 is 6.04 Å². The molecule has 0 fully saturated rings. The van der Waals surface area contributed by atoms with Crippen molar-refractivity contribution in [3.05, 3.63) is 113 Å². The number of aromatic nitrogens is 2. The fourth-order valence-corrected chi connectivity index (χ4v) is 4.79. The van der Waals surface area contributed by atoms with E-state index in [4.69, 9.17) is 16.0 Å². The first-order chi connectivity index (χ1) is 17.0. The Kier molecular flexibility index (Phi) is 6.17. The predicted molar refractivity (Wildman–Crippen MR) is 135 cm³/mol. The van der Waals surface area contributed by atoms with Crippen molar-refractivity contribution in [2.75, 3.05) is 0 Å². The molecule has 1 aromatic heterocycles. The van der Waals surface area contributed by atoms with Gasteiger partial charge in [0.25, 0.3) is 0 Å². The van der Waals surface area contributed by atoms with E-state index in [1.165, 1.54) is 5.56 Å². The molecule has 174 valence electrons. The number of nitrogens with zero attached hydrogens (tertiary/aromatic N) is 3. The molecule has 0 radical (unpaired) electrons. The number of aromatic amines is 1. The standard InChI is InChI=1S/C29H27N5O/c1-19-27(22-7-3-2-4-8-22)33-28(32-19)26-16-23-9-5-6-10-24(23)18-34(26)29(35)25(31)15-20-11-13-21(17-30)14-12-20/h2-14,25-26H,15-16,18,31H2,1H3,(H,32,33)/t25-,26-/m0/s1. The lowest BCUT2D eigenvalue weighted by Gasteiger charge is -2.37. The quantitative estimate of drug-likeness (QED) is 0.459. The summed E-state index contributed by atoms with van der Waals surface area (Å²) >= 11 is 0. The van der Waals surface area contributed by atoms with Crippen LogP contribution in [-0.2, 0) is 24.2 Å². The van der Waals surface area contributed by atoms with E-state index in [1.807, 2.05) is 66.4 Å². The number of hydrogen-bond donors (Lipinski definition) is 2. The zero-order valence-corrected chi connectivity index (χ0v) is 19.6. The Bertz CT molecular complexity index is 1380. The van der Waals surface area contributed by atoms with Gasteiger partial charge in [0.1, 0.15) is 5.82 Å². The second-order valence-electron chi connectivity index (χ2n) is 9.04. The van der Waals surface area contributed by atoms with E-state index in [-0.39, 0.29) is 11.9 Å². The number of carbonyl (C=O) groups excluding carboxylic acids is 1. The van der Waals surface area contributed by atoms with Gasteiger partial charge in [0.15, 0.2) is 0 Å². The monoisotopic (exact) mass is 461 g/mol. The molecule has 0 saturated carbocycles. The molecule has 5 rings (SSSR count). The zero-order chi connectivity index (χ0) is 24.4. The predicted octanol–water partition coefficient (Wildman–Crippen LogP) is 4.45. The fourth-order valence-electron chi connectivity index (χ4n) is 4.79. The molecule has 1 amide bonds. The molecule has 2 heterocycles. The first kappa shape index (κ1) is 22.6. The number of carbonyl (C=O) groups is 1. The number of rotatable bonds is 5. The van der Waals surface area contributed by atoms with Gasteiger partial charge in [-0.05, 0) is 42.2 Å². The number of nitrogens with two attached hydrogens (primary N) is 1. The van der Waals surface area contributed by atoms with Crippen LogP contribution in [0.3, 0.4) is 0 Å². The minimum atomic E-state index is -0.694. The van der Waals surface area contributed by atoms with Gasteiger partial charge in [-0.1, -0.05) is 66.7 Å².